The fraction of sp³-hybridized carbons (Fsp3) is 0.733. The van der Waals surface area contributed by atoms with Crippen molar-refractivity contribution in [2.45, 2.75) is 53.4 Å². The van der Waals surface area contributed by atoms with E-state index in [1.54, 1.807) is 11.1 Å². The maximum absolute atomic E-state index is 2.57. The zero-order chi connectivity index (χ0) is 11.1. The third-order valence-corrected chi connectivity index (χ3v) is 4.49. The van der Waals surface area contributed by atoms with E-state index in [4.69, 9.17) is 0 Å². The first-order valence-corrected chi connectivity index (χ1v) is 6.34. The van der Waals surface area contributed by atoms with Crippen LogP contribution < -0.4 is 0 Å². The first kappa shape index (κ1) is 11.0. The van der Waals surface area contributed by atoms with Crippen LogP contribution >= 0.6 is 0 Å². The van der Waals surface area contributed by atoms with E-state index in [-0.39, 0.29) is 0 Å². The molecule has 0 heteroatoms. The van der Waals surface area contributed by atoms with Gasteiger partial charge in [0, 0.05) is 0 Å². The second-order valence-corrected chi connectivity index (χ2v) is 6.16. The van der Waals surface area contributed by atoms with E-state index < -0.39 is 0 Å². The highest BCUT2D eigenvalue weighted by Crippen LogP contribution is 2.47. The lowest BCUT2D eigenvalue weighted by molar-refractivity contribution is 0.182. The molecule has 0 aromatic heterocycles. The van der Waals surface area contributed by atoms with Crippen LogP contribution in [0.1, 0.15) is 53.4 Å². The molecular formula is C15H24. The van der Waals surface area contributed by atoms with Crippen molar-refractivity contribution >= 4 is 0 Å². The van der Waals surface area contributed by atoms with Crippen LogP contribution in [0.4, 0.5) is 0 Å². The van der Waals surface area contributed by atoms with Crippen molar-refractivity contribution in [2.75, 3.05) is 0 Å². The maximum Gasteiger partial charge on any atom is -0.0114 e. The highest BCUT2D eigenvalue weighted by atomic mass is 14.4. The molecule has 15 heavy (non-hydrogen) atoms. The molecule has 2 aliphatic rings. The summed E-state index contributed by atoms with van der Waals surface area (Å²) in [4.78, 5) is 0. The first-order valence-electron chi connectivity index (χ1n) is 6.34. The van der Waals surface area contributed by atoms with Gasteiger partial charge < -0.3 is 0 Å². The standard InChI is InChI=1S/C15H24/c1-11-7-8-13-12(2)6-5-9-15(3,4)14(13)10-11/h6,10,13-14H,5,7-9H2,1-4H3/t13-,14+/m0/s1. The monoisotopic (exact) mass is 204 g/mol. The van der Waals surface area contributed by atoms with Crippen LogP contribution in [0.3, 0.4) is 0 Å². The fourth-order valence-electron chi connectivity index (χ4n) is 3.34. The lowest BCUT2D eigenvalue weighted by atomic mass is 9.65. The normalized spacial score (nSPS) is 34.9. The highest BCUT2D eigenvalue weighted by Gasteiger charge is 2.37. The van der Waals surface area contributed by atoms with Gasteiger partial charge in [0.05, 0.1) is 0 Å². The van der Waals surface area contributed by atoms with E-state index >= 15 is 0 Å². The van der Waals surface area contributed by atoms with Crippen molar-refractivity contribution in [2.24, 2.45) is 17.3 Å². The number of rotatable bonds is 0. The Hall–Kier alpha value is -0.520. The maximum atomic E-state index is 2.57. The zero-order valence-corrected chi connectivity index (χ0v) is 10.6. The first-order chi connectivity index (χ1) is 7.00. The quantitative estimate of drug-likeness (QED) is 0.501. The van der Waals surface area contributed by atoms with Gasteiger partial charge in [0.2, 0.25) is 0 Å². The number of fused-ring (bicyclic) bond motifs is 1. The molecule has 0 saturated heterocycles. The SMILES string of the molecule is CC1=C[C@@H]2[C@@H](CC1)C(C)=CCCC2(C)C. The molecule has 2 atom stereocenters. The fourth-order valence-corrected chi connectivity index (χ4v) is 3.34. The molecule has 0 unspecified atom stereocenters. The van der Waals surface area contributed by atoms with Gasteiger partial charge in [-0.2, -0.15) is 0 Å². The molecule has 0 aliphatic heterocycles. The average molecular weight is 204 g/mol. The van der Waals surface area contributed by atoms with Crippen LogP contribution in [0, 0.1) is 17.3 Å². The summed E-state index contributed by atoms with van der Waals surface area (Å²) in [6.07, 6.45) is 10.4. The predicted octanol–water partition coefficient (Wildman–Crippen LogP) is 4.73. The highest BCUT2D eigenvalue weighted by molar-refractivity contribution is 5.20. The summed E-state index contributed by atoms with van der Waals surface area (Å²) < 4.78 is 0. The van der Waals surface area contributed by atoms with E-state index in [2.05, 4.69) is 39.8 Å². The van der Waals surface area contributed by atoms with Gasteiger partial charge in [-0.1, -0.05) is 37.1 Å². The molecule has 0 spiro atoms. The molecule has 2 rings (SSSR count). The molecule has 0 N–H and O–H groups in total. The van der Waals surface area contributed by atoms with E-state index in [0.717, 1.165) is 11.8 Å². The van der Waals surface area contributed by atoms with Crippen molar-refractivity contribution in [3.63, 3.8) is 0 Å². The summed E-state index contributed by atoms with van der Waals surface area (Å²) in [6, 6.07) is 0. The van der Waals surface area contributed by atoms with Gasteiger partial charge in [0.15, 0.2) is 0 Å². The van der Waals surface area contributed by atoms with Crippen molar-refractivity contribution in [3.8, 4) is 0 Å². The minimum atomic E-state index is 0.487. The molecule has 84 valence electrons. The van der Waals surface area contributed by atoms with Gasteiger partial charge in [0.1, 0.15) is 0 Å². The van der Waals surface area contributed by atoms with Gasteiger partial charge in [-0.3, -0.25) is 0 Å². The average Bonchev–Trinajstić information content (AvgIpc) is 2.26. The summed E-state index contributed by atoms with van der Waals surface area (Å²) in [5.74, 6) is 1.61. The van der Waals surface area contributed by atoms with E-state index in [1.807, 2.05) is 0 Å². The molecule has 0 bridgehead atoms. The summed E-state index contributed by atoms with van der Waals surface area (Å²) >= 11 is 0. The van der Waals surface area contributed by atoms with Gasteiger partial charge in [0.25, 0.3) is 0 Å². The summed E-state index contributed by atoms with van der Waals surface area (Å²) in [7, 11) is 0. The van der Waals surface area contributed by atoms with Gasteiger partial charge in [-0.25, -0.2) is 0 Å². The number of allylic oxidation sites excluding steroid dienone is 4. The molecule has 0 aromatic carbocycles. The zero-order valence-electron chi connectivity index (χ0n) is 10.6. The largest absolute Gasteiger partial charge is 0.0853 e. The Bertz CT molecular complexity index is 304. The smallest absolute Gasteiger partial charge is 0.0114 e. The van der Waals surface area contributed by atoms with Crippen LogP contribution in [0.2, 0.25) is 0 Å². The minimum absolute atomic E-state index is 0.487. The van der Waals surface area contributed by atoms with E-state index in [9.17, 15) is 0 Å². The van der Waals surface area contributed by atoms with Crippen LogP contribution in [0.15, 0.2) is 23.3 Å². The number of hydrogen-bond donors (Lipinski definition) is 0. The third-order valence-electron chi connectivity index (χ3n) is 4.49. The van der Waals surface area contributed by atoms with Crippen LogP contribution in [-0.4, -0.2) is 0 Å². The third kappa shape index (κ3) is 2.04. The lowest BCUT2D eigenvalue weighted by Crippen LogP contribution is -2.30. The van der Waals surface area contributed by atoms with Gasteiger partial charge >= 0.3 is 0 Å². The van der Waals surface area contributed by atoms with Crippen molar-refractivity contribution < 1.29 is 0 Å². The minimum Gasteiger partial charge on any atom is -0.0853 e. The van der Waals surface area contributed by atoms with Crippen LogP contribution in [-0.2, 0) is 0 Å². The van der Waals surface area contributed by atoms with E-state index in [0.29, 0.717) is 5.41 Å². The molecule has 0 aromatic rings. The Balaban J connectivity index is 2.36. The second kappa shape index (κ2) is 3.81. The second-order valence-electron chi connectivity index (χ2n) is 6.16. The predicted molar refractivity (Wildman–Crippen MR) is 66.7 cm³/mol. The Morgan fingerprint density at radius 1 is 1.27 bits per heavy atom. The summed E-state index contributed by atoms with van der Waals surface area (Å²) in [5.41, 5.74) is 3.74. The number of hydrogen-bond acceptors (Lipinski definition) is 0. The Morgan fingerprint density at radius 2 is 2.00 bits per heavy atom. The van der Waals surface area contributed by atoms with Gasteiger partial charge in [-0.05, 0) is 56.8 Å². The molecule has 0 nitrogen and oxygen atoms in total. The summed E-state index contributed by atoms with van der Waals surface area (Å²) in [5, 5.41) is 0. The van der Waals surface area contributed by atoms with E-state index in [1.165, 1.54) is 25.7 Å². The topological polar surface area (TPSA) is 0 Å². The van der Waals surface area contributed by atoms with Gasteiger partial charge in [-0.15, -0.1) is 0 Å². The van der Waals surface area contributed by atoms with Crippen molar-refractivity contribution in [1.82, 2.24) is 0 Å². The lowest BCUT2D eigenvalue weighted by Gasteiger charge is -2.40. The molecule has 0 radical (unpaired) electrons. The Kier molecular flexibility index (Phi) is 2.79. The molecule has 0 saturated carbocycles. The van der Waals surface area contributed by atoms with Crippen molar-refractivity contribution in [3.05, 3.63) is 23.3 Å². The van der Waals surface area contributed by atoms with Crippen LogP contribution in [0.25, 0.3) is 0 Å². The molecule has 0 heterocycles. The Morgan fingerprint density at radius 3 is 2.73 bits per heavy atom. The molecule has 0 amide bonds. The summed E-state index contributed by atoms with van der Waals surface area (Å²) in [6.45, 7) is 9.54. The van der Waals surface area contributed by atoms with Crippen molar-refractivity contribution in [1.29, 1.82) is 0 Å². The van der Waals surface area contributed by atoms with Crippen LogP contribution in [0.5, 0.6) is 0 Å². The molecule has 0 fully saturated rings. The Labute approximate surface area is 94.5 Å². The molecule has 2 aliphatic carbocycles. The molecular weight excluding hydrogens is 180 g/mol.